The smallest absolute Gasteiger partial charge is 0.305 e. The number of carbonyl (C=O) groups is 3. The Morgan fingerprint density at radius 2 is 1.23 bits per heavy atom. The number of benzene rings is 5. The second-order valence-corrected chi connectivity index (χ2v) is 15.7. The van der Waals surface area contributed by atoms with Crippen molar-refractivity contribution < 1.29 is 38.1 Å². The van der Waals surface area contributed by atoms with Gasteiger partial charge in [0.15, 0.2) is 11.5 Å². The van der Waals surface area contributed by atoms with Crippen molar-refractivity contribution in [3.8, 4) is 23.0 Å². The molecule has 4 aliphatic heterocycles. The van der Waals surface area contributed by atoms with Gasteiger partial charge in [-0.15, -0.1) is 0 Å². The molecular formula is C48H48N4O8. The van der Waals surface area contributed by atoms with Crippen LogP contribution in [0.4, 0.5) is 22.7 Å². The number of esters is 1. The summed E-state index contributed by atoms with van der Waals surface area (Å²) in [4.78, 5) is 43.4. The molecular weight excluding hydrogens is 761 g/mol. The molecule has 308 valence electrons. The molecule has 9 rings (SSSR count). The number of rotatable bonds is 13. The first-order valence-electron chi connectivity index (χ1n) is 20.5. The number of hydrogen-bond donors (Lipinski definition) is 2. The maximum atomic E-state index is 14.0. The first kappa shape index (κ1) is 38.8. The van der Waals surface area contributed by atoms with Crippen LogP contribution in [0, 0.1) is 6.92 Å². The van der Waals surface area contributed by atoms with E-state index in [0.717, 1.165) is 46.6 Å². The number of para-hydroxylation sites is 2. The molecule has 0 fully saturated rings. The molecule has 0 radical (unpaired) electrons. The molecule has 2 atom stereocenters. The number of ether oxygens (including phenoxy) is 5. The highest BCUT2D eigenvalue weighted by atomic mass is 16.5. The molecule has 0 unspecified atom stereocenters. The third-order valence-corrected chi connectivity index (χ3v) is 11.8. The Labute approximate surface area is 349 Å². The van der Waals surface area contributed by atoms with Gasteiger partial charge in [0.2, 0.25) is 0 Å². The highest BCUT2D eigenvalue weighted by Gasteiger charge is 2.39. The van der Waals surface area contributed by atoms with E-state index in [4.69, 9.17) is 23.7 Å². The van der Waals surface area contributed by atoms with E-state index in [0.29, 0.717) is 78.8 Å². The van der Waals surface area contributed by atoms with Crippen molar-refractivity contribution >= 4 is 40.5 Å². The van der Waals surface area contributed by atoms with Gasteiger partial charge in [-0.3, -0.25) is 14.4 Å². The van der Waals surface area contributed by atoms with Crippen molar-refractivity contribution in [3.05, 3.63) is 130 Å². The molecule has 4 heterocycles. The van der Waals surface area contributed by atoms with E-state index in [9.17, 15) is 14.4 Å². The third kappa shape index (κ3) is 7.53. The van der Waals surface area contributed by atoms with Crippen LogP contribution in [0.25, 0.3) is 0 Å². The number of nitrogens with zero attached hydrogens (tertiary/aromatic N) is 2. The number of fused-ring (bicyclic) bond motifs is 8. The molecule has 0 saturated carbocycles. The van der Waals surface area contributed by atoms with Gasteiger partial charge in [0.05, 0.1) is 55.4 Å². The van der Waals surface area contributed by atoms with Gasteiger partial charge in [0, 0.05) is 43.0 Å². The summed E-state index contributed by atoms with van der Waals surface area (Å²) < 4.78 is 29.7. The van der Waals surface area contributed by atoms with Crippen molar-refractivity contribution in [1.82, 2.24) is 0 Å². The Balaban J connectivity index is 0.933. The van der Waals surface area contributed by atoms with E-state index in [1.54, 1.807) is 13.2 Å². The highest BCUT2D eigenvalue weighted by molar-refractivity contribution is 6.13. The second-order valence-electron chi connectivity index (χ2n) is 15.7. The predicted molar refractivity (Wildman–Crippen MR) is 229 cm³/mol. The number of aryl methyl sites for hydroxylation is 1. The van der Waals surface area contributed by atoms with Gasteiger partial charge in [-0.05, 0) is 103 Å². The monoisotopic (exact) mass is 808 g/mol. The number of amides is 2. The zero-order valence-electron chi connectivity index (χ0n) is 34.0. The Kier molecular flexibility index (Phi) is 10.7. The molecule has 0 spiro atoms. The molecule has 2 N–H and O–H groups in total. The number of carbonyl (C=O) groups excluding carboxylic acids is 3. The van der Waals surface area contributed by atoms with Gasteiger partial charge in [0.1, 0.15) is 24.7 Å². The average molecular weight is 809 g/mol. The van der Waals surface area contributed by atoms with Crippen molar-refractivity contribution in [2.24, 2.45) is 0 Å². The highest BCUT2D eigenvalue weighted by Crippen LogP contribution is 2.42. The molecule has 2 amide bonds. The lowest BCUT2D eigenvalue weighted by Gasteiger charge is -2.23. The minimum Gasteiger partial charge on any atom is -0.494 e. The minimum atomic E-state index is -0.245. The lowest BCUT2D eigenvalue weighted by Crippen LogP contribution is -2.39. The normalized spacial score (nSPS) is 17.1. The summed E-state index contributed by atoms with van der Waals surface area (Å²) in [7, 11) is 2.96. The molecule has 60 heavy (non-hydrogen) atoms. The van der Waals surface area contributed by atoms with Crippen molar-refractivity contribution in [2.45, 2.75) is 64.3 Å². The van der Waals surface area contributed by atoms with E-state index in [-0.39, 0.29) is 43.1 Å². The number of nitrogens with one attached hydrogen (secondary N) is 2. The zero-order chi connectivity index (χ0) is 41.3. The average Bonchev–Trinajstić information content (AvgIpc) is 3.76. The van der Waals surface area contributed by atoms with E-state index >= 15 is 0 Å². The largest absolute Gasteiger partial charge is 0.494 e. The molecule has 0 saturated heterocycles. The summed E-state index contributed by atoms with van der Waals surface area (Å²) >= 11 is 0. The predicted octanol–water partition coefficient (Wildman–Crippen LogP) is 7.88. The summed E-state index contributed by atoms with van der Waals surface area (Å²) in [5.41, 5.74) is 9.42. The van der Waals surface area contributed by atoms with Gasteiger partial charge < -0.3 is 44.1 Å². The van der Waals surface area contributed by atoms with Crippen LogP contribution in [0.5, 0.6) is 23.0 Å². The van der Waals surface area contributed by atoms with Gasteiger partial charge in [-0.1, -0.05) is 36.4 Å². The van der Waals surface area contributed by atoms with Crippen molar-refractivity contribution in [1.29, 1.82) is 0 Å². The Morgan fingerprint density at radius 1 is 0.667 bits per heavy atom. The van der Waals surface area contributed by atoms with Crippen LogP contribution < -0.4 is 39.4 Å². The van der Waals surface area contributed by atoms with Crippen LogP contribution >= 0.6 is 0 Å². The van der Waals surface area contributed by atoms with Crippen LogP contribution in [0.15, 0.2) is 91.0 Å². The van der Waals surface area contributed by atoms with Crippen LogP contribution in [0.2, 0.25) is 0 Å². The first-order valence-corrected chi connectivity index (χ1v) is 20.5. The lowest BCUT2D eigenvalue weighted by molar-refractivity contribution is -0.140. The fourth-order valence-electron chi connectivity index (χ4n) is 8.80. The topological polar surface area (TPSA) is 128 Å². The maximum absolute atomic E-state index is 14.0. The summed E-state index contributed by atoms with van der Waals surface area (Å²) in [5.74, 6) is 1.93. The zero-order valence-corrected chi connectivity index (χ0v) is 34.0. The van der Waals surface area contributed by atoms with E-state index in [1.165, 1.54) is 18.2 Å². The molecule has 0 aromatic heterocycles. The molecule has 4 aliphatic rings. The van der Waals surface area contributed by atoms with Gasteiger partial charge in [-0.25, -0.2) is 0 Å². The molecule has 12 nitrogen and oxygen atoms in total. The fourth-order valence-corrected chi connectivity index (χ4v) is 8.80. The van der Waals surface area contributed by atoms with E-state index in [1.807, 2.05) is 89.5 Å². The Bertz CT molecular complexity index is 2490. The third-order valence-electron chi connectivity index (χ3n) is 11.8. The molecule has 5 aromatic carbocycles. The van der Waals surface area contributed by atoms with Crippen LogP contribution in [0.1, 0.15) is 67.8 Å². The number of methoxy groups -OCH3 is 2. The van der Waals surface area contributed by atoms with E-state index in [2.05, 4.69) is 22.8 Å². The molecule has 5 aromatic rings. The Hall–Kier alpha value is -6.69. The van der Waals surface area contributed by atoms with Gasteiger partial charge in [0.25, 0.3) is 11.8 Å². The quantitative estimate of drug-likeness (QED) is 0.0896. The molecule has 0 bridgehead atoms. The van der Waals surface area contributed by atoms with Crippen LogP contribution in [-0.4, -0.2) is 63.8 Å². The SMILES string of the molecule is COC(=O)CCCCOc1cc(COc2cc3c(cc2C)C(=O)N2c4ccccc4C[C@H]2CN3)cc(COc2cc3c(cc2OC)C(=O)N2c4ccccc4C[C@H]2CN3)c1. The summed E-state index contributed by atoms with van der Waals surface area (Å²) in [6, 6.07) is 29.5. The maximum Gasteiger partial charge on any atom is 0.305 e. The molecule has 0 aliphatic carbocycles. The van der Waals surface area contributed by atoms with Crippen molar-refractivity contribution in [3.63, 3.8) is 0 Å². The number of hydrogen-bond acceptors (Lipinski definition) is 10. The first-order chi connectivity index (χ1) is 29.3. The van der Waals surface area contributed by atoms with Gasteiger partial charge in [-0.2, -0.15) is 0 Å². The van der Waals surface area contributed by atoms with Crippen molar-refractivity contribution in [2.75, 3.05) is 54.3 Å². The van der Waals surface area contributed by atoms with Gasteiger partial charge >= 0.3 is 5.97 Å². The van der Waals surface area contributed by atoms with E-state index < -0.39 is 0 Å². The van der Waals surface area contributed by atoms with Crippen LogP contribution in [-0.2, 0) is 35.6 Å². The lowest BCUT2D eigenvalue weighted by atomic mass is 10.1. The summed E-state index contributed by atoms with van der Waals surface area (Å²) in [6.45, 7) is 4.02. The van der Waals surface area contributed by atoms with Crippen LogP contribution in [0.3, 0.4) is 0 Å². The summed E-state index contributed by atoms with van der Waals surface area (Å²) in [5, 5.41) is 7.03. The fraction of sp³-hybridized carbons (Fsp3) is 0.312. The molecule has 12 heteroatoms. The minimum absolute atomic E-state index is 0.00530. The summed E-state index contributed by atoms with van der Waals surface area (Å²) in [6.07, 6.45) is 3.24. The Morgan fingerprint density at radius 3 is 1.83 bits per heavy atom. The number of anilines is 4. The second kappa shape index (κ2) is 16.5. The number of unbranched alkanes of at least 4 members (excludes halogenated alkanes) is 1. The standard InChI is InChI=1S/C48H48N4O8/c1-29-16-37-39(49-25-34-20-32-10-4-6-12-41(32)51(34)47(37)54)23-43(29)59-27-30-17-31(19-36(18-30)58-15-9-8-14-46(53)57-3)28-60-45-24-40-38(22-44(45)56-2)48(55)52-35(26-50-40)21-33-11-5-7-13-42(33)52/h4-7,10-13,16-19,22-24,34-35,49-50H,8-9,14-15,20-21,25-28H2,1-3H3/t34-,35-/m0/s1.